The van der Waals surface area contributed by atoms with E-state index >= 15 is 0 Å². The van der Waals surface area contributed by atoms with Crippen molar-refractivity contribution < 1.29 is 27.3 Å². The number of benzene rings is 1. The molecular formula is C19H22N3O5S+. The van der Waals surface area contributed by atoms with Gasteiger partial charge in [0, 0.05) is 24.8 Å². The smallest absolute Gasteiger partial charge is 0.290 e. The van der Waals surface area contributed by atoms with Gasteiger partial charge in [-0.2, -0.15) is 8.87 Å². The maximum atomic E-state index is 12.6. The van der Waals surface area contributed by atoms with E-state index in [0.29, 0.717) is 37.6 Å². The highest BCUT2D eigenvalue weighted by Crippen LogP contribution is 2.19. The SMILES string of the molecule is CC(=O)c1ccc[n+](CC(=O)Nc2ccc(S(=O)(=O)N3CCOCC3)cc2)c1. The van der Waals surface area contributed by atoms with Gasteiger partial charge in [0.25, 0.3) is 5.91 Å². The second-order valence-corrected chi connectivity index (χ2v) is 8.35. The molecule has 0 spiro atoms. The van der Waals surface area contributed by atoms with Gasteiger partial charge in [-0.3, -0.25) is 9.59 Å². The average Bonchev–Trinajstić information content (AvgIpc) is 2.69. The summed E-state index contributed by atoms with van der Waals surface area (Å²) in [6.45, 7) is 2.93. The minimum Gasteiger partial charge on any atom is -0.379 e. The summed E-state index contributed by atoms with van der Waals surface area (Å²) < 4.78 is 33.4. The number of aromatic nitrogens is 1. The van der Waals surface area contributed by atoms with E-state index in [1.165, 1.54) is 23.4 Å². The number of sulfonamides is 1. The number of carbonyl (C=O) groups excluding carboxylic acids is 2. The summed E-state index contributed by atoms with van der Waals surface area (Å²) in [5.41, 5.74) is 1.02. The first-order valence-electron chi connectivity index (χ1n) is 8.84. The normalized spacial score (nSPS) is 15.2. The fourth-order valence-electron chi connectivity index (χ4n) is 2.84. The van der Waals surface area contributed by atoms with Crippen LogP contribution in [0.2, 0.25) is 0 Å². The third-order valence-corrected chi connectivity index (χ3v) is 6.25. The van der Waals surface area contributed by atoms with Crippen LogP contribution in [0.3, 0.4) is 0 Å². The molecule has 0 radical (unpaired) electrons. The van der Waals surface area contributed by atoms with Gasteiger partial charge in [-0.05, 0) is 37.3 Å². The Morgan fingerprint density at radius 3 is 2.46 bits per heavy atom. The van der Waals surface area contributed by atoms with Crippen LogP contribution in [0.25, 0.3) is 0 Å². The van der Waals surface area contributed by atoms with Crippen molar-refractivity contribution in [3.63, 3.8) is 0 Å². The van der Waals surface area contributed by atoms with Crippen molar-refractivity contribution in [1.82, 2.24) is 4.31 Å². The Kier molecular flexibility index (Phi) is 6.18. The van der Waals surface area contributed by atoms with E-state index in [-0.39, 0.29) is 23.1 Å². The minimum atomic E-state index is -3.56. The van der Waals surface area contributed by atoms with E-state index < -0.39 is 10.0 Å². The Labute approximate surface area is 163 Å². The van der Waals surface area contributed by atoms with Gasteiger partial charge in [0.05, 0.1) is 23.7 Å². The number of rotatable bonds is 6. The first kappa shape index (κ1) is 20.1. The number of pyridine rings is 1. The number of carbonyl (C=O) groups is 2. The molecule has 28 heavy (non-hydrogen) atoms. The Hall–Kier alpha value is -2.62. The molecule has 0 bridgehead atoms. The fraction of sp³-hybridized carbons (Fsp3) is 0.316. The minimum absolute atomic E-state index is 0.0367. The van der Waals surface area contributed by atoms with Crippen molar-refractivity contribution in [2.45, 2.75) is 18.4 Å². The molecule has 8 nitrogen and oxygen atoms in total. The average molecular weight is 404 g/mol. The molecule has 0 aliphatic carbocycles. The summed E-state index contributed by atoms with van der Waals surface area (Å²) in [4.78, 5) is 23.8. The van der Waals surface area contributed by atoms with Gasteiger partial charge in [0.15, 0.2) is 18.2 Å². The summed E-state index contributed by atoms with van der Waals surface area (Å²) in [5, 5.41) is 2.72. The summed E-state index contributed by atoms with van der Waals surface area (Å²) in [5.74, 6) is -0.360. The zero-order valence-corrected chi connectivity index (χ0v) is 16.3. The van der Waals surface area contributed by atoms with Crippen LogP contribution in [0.5, 0.6) is 0 Å². The number of hydrogen-bond acceptors (Lipinski definition) is 5. The monoisotopic (exact) mass is 404 g/mol. The third-order valence-electron chi connectivity index (χ3n) is 4.34. The zero-order chi connectivity index (χ0) is 20.1. The van der Waals surface area contributed by atoms with Crippen molar-refractivity contribution in [2.24, 2.45) is 0 Å². The number of morpholine rings is 1. The number of amides is 1. The van der Waals surface area contributed by atoms with Crippen molar-refractivity contribution in [3.8, 4) is 0 Å². The number of nitrogens with zero attached hydrogens (tertiary/aromatic N) is 2. The zero-order valence-electron chi connectivity index (χ0n) is 15.5. The Morgan fingerprint density at radius 2 is 1.82 bits per heavy atom. The number of nitrogens with one attached hydrogen (secondary N) is 1. The Bertz CT molecular complexity index is 967. The molecule has 0 saturated carbocycles. The van der Waals surface area contributed by atoms with Crippen LogP contribution in [-0.4, -0.2) is 50.7 Å². The molecule has 3 rings (SSSR count). The van der Waals surface area contributed by atoms with E-state index in [4.69, 9.17) is 4.74 Å². The van der Waals surface area contributed by atoms with E-state index in [1.54, 1.807) is 41.2 Å². The van der Waals surface area contributed by atoms with Crippen LogP contribution in [0.4, 0.5) is 5.69 Å². The molecule has 0 atom stereocenters. The number of Topliss-reactive ketones (excluding diaryl/α,β-unsaturated/α-hetero) is 1. The van der Waals surface area contributed by atoms with Gasteiger partial charge >= 0.3 is 0 Å². The summed E-state index contributed by atoms with van der Waals surface area (Å²) in [6.07, 6.45) is 3.31. The quantitative estimate of drug-likeness (QED) is 0.568. The molecule has 148 valence electrons. The van der Waals surface area contributed by atoms with Gasteiger partial charge in [0.2, 0.25) is 16.6 Å². The number of ether oxygens (including phenoxy) is 1. The maximum Gasteiger partial charge on any atom is 0.290 e. The second-order valence-electron chi connectivity index (χ2n) is 6.41. The third kappa shape index (κ3) is 4.80. The second kappa shape index (κ2) is 8.59. The molecule has 1 saturated heterocycles. The van der Waals surface area contributed by atoms with Crippen LogP contribution in [0.15, 0.2) is 53.7 Å². The van der Waals surface area contributed by atoms with Crippen molar-refractivity contribution in [2.75, 3.05) is 31.6 Å². The van der Waals surface area contributed by atoms with Crippen LogP contribution < -0.4 is 9.88 Å². The van der Waals surface area contributed by atoms with Gasteiger partial charge in [-0.1, -0.05) is 0 Å². The van der Waals surface area contributed by atoms with Crippen molar-refractivity contribution >= 4 is 27.4 Å². The molecule has 1 fully saturated rings. The van der Waals surface area contributed by atoms with Gasteiger partial charge in [-0.15, -0.1) is 0 Å². The lowest BCUT2D eigenvalue weighted by Gasteiger charge is -2.26. The summed E-state index contributed by atoms with van der Waals surface area (Å²) >= 11 is 0. The number of anilines is 1. The summed E-state index contributed by atoms with van der Waals surface area (Å²) in [6, 6.07) is 9.46. The molecule has 1 aromatic heterocycles. The van der Waals surface area contributed by atoms with Gasteiger partial charge < -0.3 is 10.1 Å². The number of hydrogen-bond donors (Lipinski definition) is 1. The highest BCUT2D eigenvalue weighted by Gasteiger charge is 2.26. The summed E-state index contributed by atoms with van der Waals surface area (Å²) in [7, 11) is -3.56. The standard InChI is InChI=1S/C19H21N3O5S/c1-15(23)16-3-2-8-21(13-16)14-19(24)20-17-4-6-18(7-5-17)28(25,26)22-9-11-27-12-10-22/h2-8,13H,9-12,14H2,1H3/p+1. The van der Waals surface area contributed by atoms with Crippen LogP contribution in [-0.2, 0) is 26.1 Å². The highest BCUT2D eigenvalue weighted by atomic mass is 32.2. The van der Waals surface area contributed by atoms with E-state index in [0.717, 1.165) is 0 Å². The molecule has 9 heteroatoms. The molecule has 0 unspecified atom stereocenters. The largest absolute Gasteiger partial charge is 0.379 e. The molecular weight excluding hydrogens is 382 g/mol. The molecule has 2 aromatic rings. The fourth-order valence-corrected chi connectivity index (χ4v) is 4.25. The Morgan fingerprint density at radius 1 is 1.14 bits per heavy atom. The number of ketones is 1. The van der Waals surface area contributed by atoms with Crippen LogP contribution >= 0.6 is 0 Å². The lowest BCUT2D eigenvalue weighted by Crippen LogP contribution is -2.40. The van der Waals surface area contributed by atoms with Crippen LogP contribution in [0, 0.1) is 0 Å². The molecule has 2 heterocycles. The maximum absolute atomic E-state index is 12.6. The molecule has 1 N–H and O–H groups in total. The predicted molar refractivity (Wildman–Crippen MR) is 101 cm³/mol. The van der Waals surface area contributed by atoms with E-state index in [1.807, 2.05) is 0 Å². The topological polar surface area (TPSA) is 96.7 Å². The molecule has 1 aromatic carbocycles. The lowest BCUT2D eigenvalue weighted by atomic mass is 10.2. The highest BCUT2D eigenvalue weighted by molar-refractivity contribution is 7.89. The first-order chi connectivity index (χ1) is 13.4. The predicted octanol–water partition coefficient (Wildman–Crippen LogP) is 0.836. The first-order valence-corrected chi connectivity index (χ1v) is 10.3. The van der Waals surface area contributed by atoms with E-state index in [2.05, 4.69) is 5.32 Å². The lowest BCUT2D eigenvalue weighted by molar-refractivity contribution is -0.684. The van der Waals surface area contributed by atoms with E-state index in [9.17, 15) is 18.0 Å². The molecule has 1 aliphatic heterocycles. The van der Waals surface area contributed by atoms with Gasteiger partial charge in [0.1, 0.15) is 0 Å². The van der Waals surface area contributed by atoms with Crippen molar-refractivity contribution in [1.29, 1.82) is 0 Å². The molecule has 1 amide bonds. The van der Waals surface area contributed by atoms with Crippen LogP contribution in [0.1, 0.15) is 17.3 Å². The van der Waals surface area contributed by atoms with Gasteiger partial charge in [-0.25, -0.2) is 8.42 Å². The molecule has 1 aliphatic rings. The van der Waals surface area contributed by atoms with Crippen molar-refractivity contribution in [3.05, 3.63) is 54.4 Å². The Balaban J connectivity index is 1.64.